The van der Waals surface area contributed by atoms with Crippen molar-refractivity contribution in [2.75, 3.05) is 26.3 Å². The van der Waals surface area contributed by atoms with Crippen LogP contribution >= 0.6 is 0 Å². The summed E-state index contributed by atoms with van der Waals surface area (Å²) in [6.45, 7) is 12.1. The first-order chi connectivity index (χ1) is 20.1. The van der Waals surface area contributed by atoms with Crippen molar-refractivity contribution in [1.29, 1.82) is 0 Å². The number of rotatable bonds is 10. The summed E-state index contributed by atoms with van der Waals surface area (Å²) >= 11 is 0. The number of alkyl halides is 1. The van der Waals surface area contributed by atoms with Gasteiger partial charge in [0.15, 0.2) is 6.10 Å². The van der Waals surface area contributed by atoms with Crippen molar-refractivity contribution in [2.45, 2.75) is 77.8 Å². The molecule has 3 heterocycles. The van der Waals surface area contributed by atoms with Crippen molar-refractivity contribution in [3.05, 3.63) is 59.9 Å². The monoisotopic (exact) mass is 603 g/mol. The number of ether oxygens (including phenoxy) is 3. The number of carbonyl (C=O) groups is 1. The molecular weight excluding hydrogens is 563 g/mol. The number of aromatic nitrogens is 1. The van der Waals surface area contributed by atoms with Crippen LogP contribution in [0.5, 0.6) is 11.6 Å². The average molecular weight is 604 g/mol. The number of hydrogen-bond acceptors (Lipinski definition) is 7. The van der Waals surface area contributed by atoms with Crippen LogP contribution in [-0.2, 0) is 9.53 Å². The molecule has 0 amide bonds. The molecule has 2 aromatic rings. The Kier molecular flexibility index (Phi) is 9.56. The van der Waals surface area contributed by atoms with E-state index in [9.17, 15) is 18.7 Å². The first-order valence-electron chi connectivity index (χ1n) is 14.4. The Morgan fingerprint density at radius 2 is 1.72 bits per heavy atom. The van der Waals surface area contributed by atoms with Crippen LogP contribution in [0.4, 0.5) is 13.2 Å². The lowest BCUT2D eigenvalue weighted by Crippen LogP contribution is -2.66. The summed E-state index contributed by atoms with van der Waals surface area (Å²) in [5.74, 6) is -2.58. The molecule has 3 unspecified atom stereocenters. The van der Waals surface area contributed by atoms with Crippen LogP contribution in [0.2, 0.25) is 0 Å². The van der Waals surface area contributed by atoms with E-state index in [1.807, 2.05) is 4.90 Å². The van der Waals surface area contributed by atoms with Crippen molar-refractivity contribution >= 4 is 17.3 Å². The van der Waals surface area contributed by atoms with E-state index in [2.05, 4.69) is 23.8 Å². The van der Waals surface area contributed by atoms with Crippen LogP contribution in [0, 0.1) is 17.0 Å². The van der Waals surface area contributed by atoms with Crippen LogP contribution in [-0.4, -0.2) is 76.4 Å². The van der Waals surface area contributed by atoms with E-state index in [1.165, 1.54) is 13.1 Å². The third-order valence-corrected chi connectivity index (χ3v) is 7.75. The number of carboxylic acid groups (broad SMARTS) is 1. The second-order valence-electron chi connectivity index (χ2n) is 12.8. The Labute approximate surface area is 250 Å². The summed E-state index contributed by atoms with van der Waals surface area (Å²) in [7, 11) is 0. The van der Waals surface area contributed by atoms with Gasteiger partial charge in [0, 0.05) is 42.2 Å². The molecule has 1 aromatic carbocycles. The summed E-state index contributed by atoms with van der Waals surface area (Å²) in [4.78, 5) is 23.3. The molecule has 2 aliphatic rings. The van der Waals surface area contributed by atoms with Crippen LogP contribution < -0.4 is 9.47 Å². The van der Waals surface area contributed by atoms with E-state index in [1.54, 1.807) is 39.1 Å². The standard InChI is InChI=1S/C32H40F3N3O5/c1-20-32(35,28(29(39)40)43-30(2,3)4)27(38-11-9-31(5,6)10-12-38)25(19-36-20)21-7-8-26(37-18-21)42-14-13-41-24-16-22(33)15-23(34)17-24/h7-8,15-19,27-28H,9-14H2,1-6H3,(H,39,40). The first kappa shape index (κ1) is 32.5. The molecular formula is C32H40F3N3O5. The minimum atomic E-state index is -2.46. The zero-order chi connectivity index (χ0) is 31.6. The van der Waals surface area contributed by atoms with Gasteiger partial charge >= 0.3 is 5.97 Å². The highest BCUT2D eigenvalue weighted by Crippen LogP contribution is 2.44. The molecule has 0 bridgehead atoms. The SMILES string of the molecule is CC1=NC=C(c2ccc(OCCOc3cc(F)cc(F)c3)nc2)C(N2CCC(C)(C)CC2)C1(F)C(OC(C)(C)C)C(=O)O. The highest BCUT2D eigenvalue weighted by atomic mass is 19.1. The van der Waals surface area contributed by atoms with E-state index < -0.39 is 41.0 Å². The smallest absolute Gasteiger partial charge is 0.336 e. The van der Waals surface area contributed by atoms with E-state index in [0.29, 0.717) is 24.2 Å². The highest BCUT2D eigenvalue weighted by Gasteiger charge is 2.59. The van der Waals surface area contributed by atoms with Crippen molar-refractivity contribution in [3.63, 3.8) is 0 Å². The Balaban J connectivity index is 1.58. The van der Waals surface area contributed by atoms with E-state index in [4.69, 9.17) is 14.2 Å². The third kappa shape index (κ3) is 7.75. The van der Waals surface area contributed by atoms with Crippen molar-refractivity contribution in [2.24, 2.45) is 10.4 Å². The van der Waals surface area contributed by atoms with Gasteiger partial charge in [-0.15, -0.1) is 0 Å². The predicted molar refractivity (Wildman–Crippen MR) is 157 cm³/mol. The lowest BCUT2D eigenvalue weighted by Gasteiger charge is -2.49. The second-order valence-corrected chi connectivity index (χ2v) is 12.8. The molecule has 0 aliphatic carbocycles. The normalized spacial score (nSPS) is 23.2. The molecule has 234 valence electrons. The van der Waals surface area contributed by atoms with Crippen molar-refractivity contribution in [1.82, 2.24) is 9.88 Å². The number of aliphatic carboxylic acids is 1. The minimum absolute atomic E-state index is 0.0214. The van der Waals surface area contributed by atoms with Crippen molar-refractivity contribution in [3.8, 4) is 11.6 Å². The number of halogens is 3. The van der Waals surface area contributed by atoms with Gasteiger partial charge in [0.1, 0.15) is 30.6 Å². The summed E-state index contributed by atoms with van der Waals surface area (Å²) < 4.78 is 61.2. The molecule has 0 radical (unpaired) electrons. The molecule has 1 aromatic heterocycles. The topological polar surface area (TPSA) is 93.5 Å². The van der Waals surface area contributed by atoms with Gasteiger partial charge in [-0.05, 0) is 70.7 Å². The fraction of sp³-hybridized carbons (Fsp3) is 0.531. The average Bonchev–Trinajstić information content (AvgIpc) is 2.91. The number of carboxylic acids is 1. The molecule has 0 saturated carbocycles. The molecule has 8 nitrogen and oxygen atoms in total. The Bertz CT molecular complexity index is 1340. The zero-order valence-corrected chi connectivity index (χ0v) is 25.5. The van der Waals surface area contributed by atoms with E-state index in [-0.39, 0.29) is 36.0 Å². The van der Waals surface area contributed by atoms with Crippen LogP contribution in [0.3, 0.4) is 0 Å². The number of pyridine rings is 1. The molecule has 3 atom stereocenters. The number of likely N-dealkylation sites (tertiary alicyclic amines) is 1. The molecule has 1 saturated heterocycles. The number of nitrogens with zero attached hydrogens (tertiary/aromatic N) is 3. The zero-order valence-electron chi connectivity index (χ0n) is 25.5. The molecule has 1 fully saturated rings. The molecule has 43 heavy (non-hydrogen) atoms. The number of hydrogen-bond donors (Lipinski definition) is 1. The minimum Gasteiger partial charge on any atom is -0.490 e. The molecule has 11 heteroatoms. The Hall–Kier alpha value is -3.44. The van der Waals surface area contributed by atoms with Crippen molar-refractivity contribution < 1.29 is 37.3 Å². The first-order valence-corrected chi connectivity index (χ1v) is 14.4. The largest absolute Gasteiger partial charge is 0.490 e. The molecule has 1 N–H and O–H groups in total. The predicted octanol–water partition coefficient (Wildman–Crippen LogP) is 6.10. The number of benzene rings is 1. The maximum absolute atomic E-state index is 17.6. The van der Waals surface area contributed by atoms with Gasteiger partial charge < -0.3 is 19.3 Å². The maximum atomic E-state index is 17.6. The maximum Gasteiger partial charge on any atom is 0.336 e. The Morgan fingerprint density at radius 1 is 1.09 bits per heavy atom. The summed E-state index contributed by atoms with van der Waals surface area (Å²) in [5.41, 5.74) is -2.22. The van der Waals surface area contributed by atoms with Gasteiger partial charge in [0.05, 0.1) is 17.4 Å². The lowest BCUT2D eigenvalue weighted by molar-refractivity contribution is -0.176. The van der Waals surface area contributed by atoms with Crippen LogP contribution in [0.25, 0.3) is 5.57 Å². The van der Waals surface area contributed by atoms with E-state index >= 15 is 4.39 Å². The molecule has 0 spiro atoms. The summed E-state index contributed by atoms with van der Waals surface area (Å²) in [6.07, 6.45) is 2.94. The molecule has 2 aliphatic heterocycles. The van der Waals surface area contributed by atoms with Gasteiger partial charge in [-0.1, -0.05) is 13.8 Å². The van der Waals surface area contributed by atoms with Gasteiger partial charge in [0.2, 0.25) is 11.5 Å². The highest BCUT2D eigenvalue weighted by molar-refractivity contribution is 6.01. The van der Waals surface area contributed by atoms with Gasteiger partial charge in [-0.3, -0.25) is 9.89 Å². The summed E-state index contributed by atoms with van der Waals surface area (Å²) in [6, 6.07) is 5.24. The molecule has 4 rings (SSSR count). The number of aliphatic imine (C=N–C) groups is 1. The fourth-order valence-corrected chi connectivity index (χ4v) is 5.40. The van der Waals surface area contributed by atoms with Gasteiger partial charge in [-0.25, -0.2) is 22.9 Å². The van der Waals surface area contributed by atoms with Crippen LogP contribution in [0.1, 0.15) is 59.9 Å². The van der Waals surface area contributed by atoms with Gasteiger partial charge in [0.25, 0.3) is 0 Å². The Morgan fingerprint density at radius 3 is 2.28 bits per heavy atom. The fourth-order valence-electron chi connectivity index (χ4n) is 5.40. The quantitative estimate of drug-likeness (QED) is 0.328. The van der Waals surface area contributed by atoms with Crippen LogP contribution in [0.15, 0.2) is 47.7 Å². The third-order valence-electron chi connectivity index (χ3n) is 7.75. The summed E-state index contributed by atoms with van der Waals surface area (Å²) in [5, 5.41) is 10.2. The van der Waals surface area contributed by atoms with Gasteiger partial charge in [-0.2, -0.15) is 0 Å². The number of piperidine rings is 1. The lowest BCUT2D eigenvalue weighted by atomic mass is 9.75. The van der Waals surface area contributed by atoms with E-state index in [0.717, 1.165) is 31.0 Å². The second kappa shape index (κ2) is 12.7.